The molecule has 0 aromatic carbocycles. The van der Waals surface area contributed by atoms with Gasteiger partial charge in [-0.25, -0.2) is 0 Å². The van der Waals surface area contributed by atoms with Crippen LogP contribution < -0.4 is 0 Å². The zero-order valence-electron chi connectivity index (χ0n) is 43.2. The van der Waals surface area contributed by atoms with E-state index in [0.717, 1.165) is 69.6 Å². The van der Waals surface area contributed by atoms with Gasteiger partial charge in [-0.3, -0.25) is 14.4 Å². The Morgan fingerprint density at radius 1 is 0.333 bits per heavy atom. The number of unbranched alkanes of at least 4 members (excludes halogenated alkanes) is 35. The molecule has 0 saturated carbocycles. The maximum absolute atomic E-state index is 12.8. The van der Waals surface area contributed by atoms with E-state index >= 15 is 0 Å². The number of hydrogen-bond acceptors (Lipinski definition) is 6. The molecule has 6 nitrogen and oxygen atoms in total. The summed E-state index contributed by atoms with van der Waals surface area (Å²) in [6.45, 7) is 11.4. The van der Waals surface area contributed by atoms with Crippen molar-refractivity contribution in [3.05, 3.63) is 0 Å². The van der Waals surface area contributed by atoms with E-state index in [-0.39, 0.29) is 31.1 Å². The summed E-state index contributed by atoms with van der Waals surface area (Å²) in [5.74, 6) is 0.876. The van der Waals surface area contributed by atoms with Crippen LogP contribution in [0.15, 0.2) is 0 Å². The molecule has 0 amide bonds. The smallest absolute Gasteiger partial charge is 0.306 e. The van der Waals surface area contributed by atoms with Crippen LogP contribution in [0.5, 0.6) is 0 Å². The first-order valence-corrected chi connectivity index (χ1v) is 28.3. The quantitative estimate of drug-likeness (QED) is 0.0344. The van der Waals surface area contributed by atoms with Crippen molar-refractivity contribution in [1.29, 1.82) is 0 Å². The fourth-order valence-corrected chi connectivity index (χ4v) is 8.66. The van der Waals surface area contributed by atoms with Crippen molar-refractivity contribution in [3.63, 3.8) is 0 Å². The summed E-state index contributed by atoms with van der Waals surface area (Å²) in [6.07, 6.45) is 52.2. The molecular formula is C57H110O6. The average molecular weight is 892 g/mol. The number of esters is 3. The number of hydrogen-bond donors (Lipinski definition) is 0. The number of rotatable bonds is 51. The summed E-state index contributed by atoms with van der Waals surface area (Å²) in [6, 6.07) is 0. The van der Waals surface area contributed by atoms with Gasteiger partial charge in [0.25, 0.3) is 0 Å². The first-order valence-electron chi connectivity index (χ1n) is 28.3. The van der Waals surface area contributed by atoms with E-state index in [0.29, 0.717) is 19.3 Å². The molecule has 0 bridgehead atoms. The molecular weight excluding hydrogens is 781 g/mol. The molecule has 6 heteroatoms. The van der Waals surface area contributed by atoms with Gasteiger partial charge in [0.1, 0.15) is 13.2 Å². The summed E-state index contributed by atoms with van der Waals surface area (Å²) in [4.78, 5) is 38.1. The van der Waals surface area contributed by atoms with Gasteiger partial charge in [-0.05, 0) is 31.1 Å². The summed E-state index contributed by atoms with van der Waals surface area (Å²) < 4.78 is 16.9. The third kappa shape index (κ3) is 49.7. The predicted octanol–water partition coefficient (Wildman–Crippen LogP) is 18.5. The Balaban J connectivity index is 4.30. The van der Waals surface area contributed by atoms with Crippen LogP contribution in [0.1, 0.15) is 317 Å². The SMILES string of the molecule is CCCCCCCCCCCCCCCC(=O)OC[C@H](COC(=O)CCCCCCCCCCCCC(C)CC)OC(=O)CCCCCCCCCCCCCCCCCC(C)C. The van der Waals surface area contributed by atoms with Crippen LogP contribution in [0.3, 0.4) is 0 Å². The van der Waals surface area contributed by atoms with Gasteiger partial charge in [-0.1, -0.05) is 279 Å². The van der Waals surface area contributed by atoms with Gasteiger partial charge in [-0.2, -0.15) is 0 Å². The fourth-order valence-electron chi connectivity index (χ4n) is 8.66. The maximum Gasteiger partial charge on any atom is 0.306 e. The van der Waals surface area contributed by atoms with Crippen molar-refractivity contribution in [2.24, 2.45) is 11.8 Å². The molecule has 2 atom stereocenters. The lowest BCUT2D eigenvalue weighted by molar-refractivity contribution is -0.167. The van der Waals surface area contributed by atoms with Crippen LogP contribution in [0.25, 0.3) is 0 Å². The Hall–Kier alpha value is -1.59. The van der Waals surface area contributed by atoms with Crippen LogP contribution in [0.4, 0.5) is 0 Å². The minimum atomic E-state index is -0.762. The number of carbonyl (C=O) groups excluding carboxylic acids is 3. The number of carbonyl (C=O) groups is 3. The summed E-state index contributed by atoms with van der Waals surface area (Å²) in [7, 11) is 0. The largest absolute Gasteiger partial charge is 0.462 e. The lowest BCUT2D eigenvalue weighted by Crippen LogP contribution is -2.30. The van der Waals surface area contributed by atoms with Crippen molar-refractivity contribution in [1.82, 2.24) is 0 Å². The van der Waals surface area contributed by atoms with E-state index in [1.807, 2.05) is 0 Å². The predicted molar refractivity (Wildman–Crippen MR) is 270 cm³/mol. The first-order chi connectivity index (χ1) is 30.8. The van der Waals surface area contributed by atoms with Gasteiger partial charge in [0.05, 0.1) is 0 Å². The first kappa shape index (κ1) is 61.4. The minimum Gasteiger partial charge on any atom is -0.462 e. The highest BCUT2D eigenvalue weighted by Crippen LogP contribution is 2.18. The van der Waals surface area contributed by atoms with E-state index in [1.54, 1.807) is 0 Å². The molecule has 0 N–H and O–H groups in total. The Bertz CT molecular complexity index is 964. The summed E-state index contributed by atoms with van der Waals surface area (Å²) in [5, 5.41) is 0. The molecule has 0 fully saturated rings. The van der Waals surface area contributed by atoms with Gasteiger partial charge in [0.2, 0.25) is 0 Å². The second kappa shape index (κ2) is 49.8. The lowest BCUT2D eigenvalue weighted by Gasteiger charge is -2.18. The van der Waals surface area contributed by atoms with E-state index in [9.17, 15) is 14.4 Å². The van der Waals surface area contributed by atoms with Gasteiger partial charge in [0.15, 0.2) is 6.10 Å². The standard InChI is InChI=1S/C57H110O6/c1-6-8-9-10-11-12-13-17-21-27-32-37-42-47-55(58)61-50-54(51-62-56(59)48-43-38-33-28-24-23-26-31-36-41-46-53(5)7-2)63-57(60)49-44-39-34-29-22-19-16-14-15-18-20-25-30-35-40-45-52(3)4/h52-54H,6-51H2,1-5H3/t53?,54-/m1/s1. The van der Waals surface area contributed by atoms with E-state index in [4.69, 9.17) is 14.2 Å². The highest BCUT2D eigenvalue weighted by Gasteiger charge is 2.19. The molecule has 0 radical (unpaired) electrons. The van der Waals surface area contributed by atoms with Crippen LogP contribution in [-0.2, 0) is 28.6 Å². The van der Waals surface area contributed by atoms with Crippen LogP contribution in [0.2, 0.25) is 0 Å². The van der Waals surface area contributed by atoms with Gasteiger partial charge < -0.3 is 14.2 Å². The van der Waals surface area contributed by atoms with Gasteiger partial charge in [-0.15, -0.1) is 0 Å². The Morgan fingerprint density at radius 2 is 0.603 bits per heavy atom. The van der Waals surface area contributed by atoms with E-state index < -0.39 is 6.10 Å². The number of ether oxygens (including phenoxy) is 3. The zero-order valence-corrected chi connectivity index (χ0v) is 43.2. The molecule has 0 aliphatic carbocycles. The molecule has 0 aromatic rings. The van der Waals surface area contributed by atoms with Crippen molar-refractivity contribution < 1.29 is 28.6 Å². The average Bonchev–Trinajstić information content (AvgIpc) is 3.27. The van der Waals surface area contributed by atoms with Crippen LogP contribution in [0, 0.1) is 11.8 Å². The maximum atomic E-state index is 12.8. The third-order valence-corrected chi connectivity index (χ3v) is 13.3. The summed E-state index contributed by atoms with van der Waals surface area (Å²) in [5.41, 5.74) is 0. The van der Waals surface area contributed by atoms with Crippen molar-refractivity contribution in [2.45, 2.75) is 323 Å². The fraction of sp³-hybridized carbons (Fsp3) is 0.947. The molecule has 0 saturated heterocycles. The van der Waals surface area contributed by atoms with E-state index in [2.05, 4.69) is 34.6 Å². The highest BCUT2D eigenvalue weighted by molar-refractivity contribution is 5.71. The molecule has 0 aromatic heterocycles. The molecule has 63 heavy (non-hydrogen) atoms. The summed E-state index contributed by atoms with van der Waals surface area (Å²) >= 11 is 0. The van der Waals surface area contributed by atoms with Gasteiger partial charge in [0, 0.05) is 19.3 Å². The monoisotopic (exact) mass is 891 g/mol. The molecule has 0 aliphatic heterocycles. The molecule has 1 unspecified atom stereocenters. The molecule has 374 valence electrons. The zero-order chi connectivity index (χ0) is 46.1. The second-order valence-corrected chi connectivity index (χ2v) is 20.3. The molecule has 0 aliphatic rings. The van der Waals surface area contributed by atoms with Gasteiger partial charge >= 0.3 is 17.9 Å². The van der Waals surface area contributed by atoms with E-state index in [1.165, 1.54) is 205 Å². The van der Waals surface area contributed by atoms with Crippen LogP contribution in [-0.4, -0.2) is 37.2 Å². The van der Waals surface area contributed by atoms with Crippen LogP contribution >= 0.6 is 0 Å². The normalized spacial score (nSPS) is 12.5. The van der Waals surface area contributed by atoms with Crippen molar-refractivity contribution >= 4 is 17.9 Å². The minimum absolute atomic E-state index is 0.0629. The van der Waals surface area contributed by atoms with Crippen molar-refractivity contribution in [3.8, 4) is 0 Å². The topological polar surface area (TPSA) is 78.9 Å². The third-order valence-electron chi connectivity index (χ3n) is 13.3. The highest BCUT2D eigenvalue weighted by atomic mass is 16.6. The molecule has 0 rings (SSSR count). The Labute approximate surface area is 393 Å². The molecule has 0 heterocycles. The molecule has 0 spiro atoms. The Kier molecular flexibility index (Phi) is 48.6. The van der Waals surface area contributed by atoms with Crippen molar-refractivity contribution in [2.75, 3.05) is 13.2 Å². The second-order valence-electron chi connectivity index (χ2n) is 20.3. The lowest BCUT2D eigenvalue weighted by atomic mass is 9.99. The Morgan fingerprint density at radius 3 is 0.905 bits per heavy atom.